The zero-order valence-electron chi connectivity index (χ0n) is 7.47. The van der Waals surface area contributed by atoms with Crippen molar-refractivity contribution >= 4 is 37.6 Å². The summed E-state index contributed by atoms with van der Waals surface area (Å²) in [5.74, 6) is 0. The fourth-order valence-corrected chi connectivity index (χ4v) is 19.0. The summed E-state index contributed by atoms with van der Waals surface area (Å²) >= 11 is 3.23. The van der Waals surface area contributed by atoms with E-state index in [-0.39, 0.29) is 0 Å². The summed E-state index contributed by atoms with van der Waals surface area (Å²) in [6.07, 6.45) is 5.79. The van der Waals surface area contributed by atoms with Crippen LogP contribution in [0.1, 0.15) is 39.5 Å². The van der Waals surface area contributed by atoms with Gasteiger partial charge in [0.05, 0.1) is 0 Å². The summed E-state index contributed by atoms with van der Waals surface area (Å²) in [6, 6.07) is 0. The van der Waals surface area contributed by atoms with Crippen molar-refractivity contribution in [1.29, 1.82) is 0 Å². The quantitative estimate of drug-likeness (QED) is 0.465. The minimum absolute atomic E-state index is 1.07. The van der Waals surface area contributed by atoms with E-state index in [1.165, 1.54) is 25.7 Å². The van der Waals surface area contributed by atoms with E-state index in [4.69, 9.17) is 0 Å². The Bertz CT molecular complexity index is 58.4. The Kier molecular flexibility index (Phi) is 13.2. The molecule has 0 spiro atoms. The molecule has 0 aromatic heterocycles. The molecule has 0 aliphatic rings. The van der Waals surface area contributed by atoms with E-state index in [1.807, 2.05) is 0 Å². The molecular formula is C8H18Se3. The zero-order chi connectivity index (χ0) is 8.36. The molecule has 0 heterocycles. The zero-order valence-corrected chi connectivity index (χ0v) is 12.6. The van der Waals surface area contributed by atoms with Gasteiger partial charge in [0, 0.05) is 0 Å². The van der Waals surface area contributed by atoms with E-state index in [9.17, 15) is 0 Å². The van der Waals surface area contributed by atoms with Crippen molar-refractivity contribution < 1.29 is 0 Å². The van der Waals surface area contributed by atoms with Crippen molar-refractivity contribution in [2.45, 2.75) is 50.2 Å². The van der Waals surface area contributed by atoms with Crippen LogP contribution in [0.2, 0.25) is 10.6 Å². The molecule has 0 rings (SSSR count). The Morgan fingerprint density at radius 1 is 0.818 bits per heavy atom. The Morgan fingerprint density at radius 2 is 1.27 bits per heavy atom. The maximum absolute atomic E-state index is 2.30. The summed E-state index contributed by atoms with van der Waals surface area (Å²) in [5, 5.41) is 3.13. The summed E-state index contributed by atoms with van der Waals surface area (Å²) in [7, 11) is 0. The fourth-order valence-electron chi connectivity index (χ4n) is 0.509. The maximum atomic E-state index is 2.30. The summed E-state index contributed by atoms with van der Waals surface area (Å²) < 4.78 is 0. The average Bonchev–Trinajstić information content (AvgIpc) is 2.03. The van der Waals surface area contributed by atoms with Crippen LogP contribution in [-0.2, 0) is 0 Å². The Balaban J connectivity index is 2.69. The molecule has 0 N–H and O–H groups in total. The van der Waals surface area contributed by atoms with Crippen molar-refractivity contribution in [1.82, 2.24) is 0 Å². The molecule has 0 unspecified atom stereocenters. The molecular weight excluding hydrogens is 333 g/mol. The Morgan fingerprint density at radius 3 is 1.64 bits per heavy atom. The van der Waals surface area contributed by atoms with Crippen LogP contribution < -0.4 is 0 Å². The second-order valence-corrected chi connectivity index (χ2v) is 19.7. The van der Waals surface area contributed by atoms with E-state index in [0.29, 0.717) is 0 Å². The van der Waals surface area contributed by atoms with Gasteiger partial charge in [-0.1, -0.05) is 0 Å². The molecule has 0 bridgehead atoms. The van der Waals surface area contributed by atoms with Gasteiger partial charge in [-0.15, -0.1) is 0 Å². The molecule has 0 saturated carbocycles. The van der Waals surface area contributed by atoms with Gasteiger partial charge in [-0.05, 0) is 0 Å². The second-order valence-electron chi connectivity index (χ2n) is 2.42. The van der Waals surface area contributed by atoms with Gasteiger partial charge in [0.2, 0.25) is 0 Å². The topological polar surface area (TPSA) is 0 Å². The van der Waals surface area contributed by atoms with E-state index >= 15 is 0 Å². The molecule has 0 saturated heterocycles. The molecule has 11 heavy (non-hydrogen) atoms. The third-order valence-corrected chi connectivity index (χ3v) is 20.2. The molecule has 3 heteroatoms. The number of rotatable bonds is 8. The van der Waals surface area contributed by atoms with Crippen LogP contribution in [0.5, 0.6) is 0 Å². The second kappa shape index (κ2) is 11.6. The molecule has 68 valence electrons. The van der Waals surface area contributed by atoms with E-state index in [1.54, 1.807) is 10.6 Å². The number of hydrogen-bond acceptors (Lipinski definition) is 0. The van der Waals surface area contributed by atoms with Crippen LogP contribution in [0.15, 0.2) is 0 Å². The molecule has 0 aliphatic heterocycles. The summed E-state index contributed by atoms with van der Waals surface area (Å²) in [4.78, 5) is 0. The molecule has 0 aromatic carbocycles. The van der Waals surface area contributed by atoms with Crippen LogP contribution in [0, 0.1) is 0 Å². The monoisotopic (exact) mass is 354 g/mol. The average molecular weight is 351 g/mol. The van der Waals surface area contributed by atoms with Gasteiger partial charge in [-0.2, -0.15) is 0 Å². The van der Waals surface area contributed by atoms with Crippen LogP contribution in [0.4, 0.5) is 0 Å². The predicted molar refractivity (Wildman–Crippen MR) is 56.7 cm³/mol. The van der Waals surface area contributed by atoms with Gasteiger partial charge < -0.3 is 0 Å². The van der Waals surface area contributed by atoms with Gasteiger partial charge in [-0.25, -0.2) is 0 Å². The predicted octanol–water partition coefficient (Wildman–Crippen LogP) is 2.37. The first-order chi connectivity index (χ1) is 5.41. The van der Waals surface area contributed by atoms with Crippen LogP contribution >= 0.6 is 0 Å². The van der Waals surface area contributed by atoms with Gasteiger partial charge in [0.1, 0.15) is 0 Å². The first kappa shape index (κ1) is 12.6. The SMILES string of the molecule is CCCC[Se][Se][Se]CCCC. The van der Waals surface area contributed by atoms with Gasteiger partial charge in [0.15, 0.2) is 0 Å². The number of hydrogen-bond donors (Lipinski definition) is 0. The van der Waals surface area contributed by atoms with Crippen molar-refractivity contribution in [3.63, 3.8) is 0 Å². The first-order valence-electron chi connectivity index (χ1n) is 4.32. The van der Waals surface area contributed by atoms with Crippen LogP contribution in [0.3, 0.4) is 0 Å². The van der Waals surface area contributed by atoms with E-state index in [2.05, 4.69) is 13.8 Å². The standard InChI is InChI=1S/C8H18Se3/c1-3-5-7-9-11-10-8-6-4-2/h3-8H2,1-2H3. The molecule has 0 nitrogen and oxygen atoms in total. The normalized spacial score (nSPS) is 10.4. The number of unbranched alkanes of at least 4 members (excludes halogenated alkanes) is 2. The van der Waals surface area contributed by atoms with Crippen molar-refractivity contribution in [3.05, 3.63) is 0 Å². The Hall–Kier alpha value is 1.56. The first-order valence-corrected chi connectivity index (χ1v) is 15.4. The van der Waals surface area contributed by atoms with Crippen molar-refractivity contribution in [3.8, 4) is 0 Å². The van der Waals surface area contributed by atoms with Crippen LogP contribution in [0.25, 0.3) is 0 Å². The van der Waals surface area contributed by atoms with Crippen LogP contribution in [-0.4, -0.2) is 37.6 Å². The third kappa shape index (κ3) is 11.6. The fraction of sp³-hybridized carbons (Fsp3) is 1.00. The Labute approximate surface area is 87.2 Å². The minimum atomic E-state index is 1.07. The molecule has 0 aromatic rings. The summed E-state index contributed by atoms with van der Waals surface area (Å²) in [5.41, 5.74) is 0. The third-order valence-electron chi connectivity index (χ3n) is 1.26. The molecule has 0 amide bonds. The van der Waals surface area contributed by atoms with E-state index in [0.717, 1.165) is 37.6 Å². The molecule has 0 radical (unpaired) electrons. The van der Waals surface area contributed by atoms with Crippen molar-refractivity contribution in [2.24, 2.45) is 0 Å². The molecule has 0 aliphatic carbocycles. The summed E-state index contributed by atoms with van der Waals surface area (Å²) in [6.45, 7) is 4.59. The van der Waals surface area contributed by atoms with Gasteiger partial charge >= 0.3 is 87.7 Å². The van der Waals surface area contributed by atoms with E-state index < -0.39 is 0 Å². The van der Waals surface area contributed by atoms with Gasteiger partial charge in [-0.3, -0.25) is 0 Å². The molecule has 0 atom stereocenters. The van der Waals surface area contributed by atoms with Crippen molar-refractivity contribution in [2.75, 3.05) is 0 Å². The molecule has 0 fully saturated rings. The van der Waals surface area contributed by atoms with Gasteiger partial charge in [0.25, 0.3) is 0 Å².